The van der Waals surface area contributed by atoms with E-state index in [1.807, 2.05) is 11.2 Å². The molecular formula is C46H51F3N10O24P4S2. The lowest BCUT2D eigenvalue weighted by Gasteiger charge is -2.25. The molecule has 482 valence electrons. The van der Waals surface area contributed by atoms with E-state index in [0.29, 0.717) is 28.6 Å². The number of phosphoric ester groups is 2. The average molecular weight is 1370 g/mol. The Morgan fingerprint density at radius 3 is 1.66 bits per heavy atom. The predicted molar refractivity (Wildman–Crippen MR) is 304 cm³/mol. The number of benzene rings is 3. The van der Waals surface area contributed by atoms with Gasteiger partial charge in [-0.1, -0.05) is 66.4 Å². The highest BCUT2D eigenvalue weighted by molar-refractivity contribution is 7.99. The first kappa shape index (κ1) is 68.3. The first-order valence-electron chi connectivity index (χ1n) is 25.3. The van der Waals surface area contributed by atoms with Crippen LogP contribution >= 0.6 is 54.8 Å². The Morgan fingerprint density at radius 1 is 0.663 bits per heavy atom. The molecule has 10 N–H and O–H groups in total. The van der Waals surface area contributed by atoms with Crippen molar-refractivity contribution in [2.45, 2.75) is 66.8 Å². The molecule has 0 saturated carbocycles. The molecule has 34 nitrogen and oxygen atoms in total. The number of nitrogens with one attached hydrogen (secondary N) is 5. The van der Waals surface area contributed by atoms with Gasteiger partial charge in [-0.15, -0.1) is 0 Å². The zero-order valence-corrected chi connectivity index (χ0v) is 50.4. The number of carbonyl (C=O) groups is 3. The zero-order valence-electron chi connectivity index (χ0n) is 45.2. The third kappa shape index (κ3) is 19.7. The first-order valence-corrected chi connectivity index (χ1v) is 33.7. The number of ether oxygens (including phenoxy) is 5. The van der Waals surface area contributed by atoms with Crippen molar-refractivity contribution in [3.8, 4) is 0 Å². The number of aromatic amines is 1. The van der Waals surface area contributed by atoms with Gasteiger partial charge in [0.25, 0.3) is 5.56 Å². The van der Waals surface area contributed by atoms with Crippen molar-refractivity contribution >= 4 is 107 Å². The summed E-state index contributed by atoms with van der Waals surface area (Å²) >= 11 is 2.08. The summed E-state index contributed by atoms with van der Waals surface area (Å²) in [5, 5.41) is 21.6. The van der Waals surface area contributed by atoms with Crippen LogP contribution in [0.5, 0.6) is 0 Å². The Labute approximate surface area is 506 Å². The monoisotopic (exact) mass is 1370 g/mol. The number of phosphoric acid groups is 4. The first-order chi connectivity index (χ1) is 42.1. The Balaban J connectivity index is 0.958. The van der Waals surface area contributed by atoms with Crippen molar-refractivity contribution in [2.75, 3.05) is 58.8 Å². The van der Waals surface area contributed by atoms with Crippen LogP contribution in [0.15, 0.2) is 124 Å². The average Bonchev–Trinajstić information content (AvgIpc) is 1.67. The maximum Gasteiger partial charge on any atom is 0.490 e. The maximum atomic E-state index is 13.3. The largest absolute Gasteiger partial charge is 0.490 e. The highest BCUT2D eigenvalue weighted by atomic mass is 32.2. The number of aliphatic hydroxyl groups is 1. The number of fused-ring (bicyclic) bond motifs is 1. The van der Waals surface area contributed by atoms with Crippen molar-refractivity contribution in [1.29, 1.82) is 0 Å². The summed E-state index contributed by atoms with van der Waals surface area (Å²) in [5.74, 6) is 0.0938. The van der Waals surface area contributed by atoms with Crippen LogP contribution in [0.2, 0.25) is 0 Å². The van der Waals surface area contributed by atoms with Gasteiger partial charge in [-0.05, 0) is 42.7 Å². The van der Waals surface area contributed by atoms with Crippen molar-refractivity contribution in [2.24, 2.45) is 0 Å². The molecule has 2 fully saturated rings. The molecule has 43 heteroatoms. The smallest absolute Gasteiger partial charge is 0.439 e. The SMILES string of the molecule is CSCCNc1nc(SCCC(F)(F)F)nc2c1ncn2[C@@H]1O[C@H](COP(=O)(O)OP(=O)(O)OP(=O)(O)OP(=O)(O)OC[C@@H]2O[C@H](n3ccc(=O)[nH]c3=O)[C@@H](OC(=O)Nc3ccccc3)[C@H]2OC(=O)Nc2ccccc2)[C@@H](O)[C@H]1OC(=O)Nc1ccccc1. The van der Waals surface area contributed by atoms with Crippen LogP contribution in [0.3, 0.4) is 0 Å². The van der Waals surface area contributed by atoms with Crippen molar-refractivity contribution in [3.63, 3.8) is 0 Å². The summed E-state index contributed by atoms with van der Waals surface area (Å²) in [6.07, 6.45) is -21.0. The number of nitrogens with zero attached hydrogens (tertiary/aromatic N) is 5. The molecule has 3 amide bonds. The standard InChI is InChI=1S/C46H51F3N10O24P4S2/c1-88-22-19-50-37-32-38(57-41(56-37)89-21-18-46(47,48)49)59(25-51-32)39-35(79-44(64)53-27-13-7-3-8-14-27)33(61)29(76-39)23-74-84(66,67)81-86(70,71)83-87(72,73)82-85(68,69)75-24-30-34(78-43(63)52-26-11-5-2-6-12-26)36(80-45(65)54-28-15-9-4-10-16-28)40(77-30)58-20-17-31(60)55-42(58)62/h2-17,20,25,29-30,33-36,39-40,61H,18-19,21-24H2,1H3,(H,52,63)(H,53,64)(H,54,65)(H,66,67)(H,68,69)(H,70,71)(H,72,73)(H,50,56,57)(H,55,60,62)/t29-,30+,33-,34+,35-,36+,39-,40+/m1/s1. The third-order valence-electron chi connectivity index (χ3n) is 11.8. The molecule has 5 heterocycles. The fraction of sp³-hybridized carbons (Fsp3) is 0.348. The molecule has 0 radical (unpaired) electrons. The van der Waals surface area contributed by atoms with Gasteiger partial charge in [0.1, 0.15) is 18.3 Å². The number of hydrogen-bond donors (Lipinski definition) is 10. The molecule has 0 bridgehead atoms. The number of H-pyrrole nitrogens is 1. The van der Waals surface area contributed by atoms with E-state index in [1.165, 1.54) is 60.3 Å². The molecule has 2 saturated heterocycles. The number of aliphatic hydroxyl groups excluding tert-OH is 1. The van der Waals surface area contributed by atoms with Crippen molar-refractivity contribution in [1.82, 2.24) is 29.1 Å². The lowest BCUT2D eigenvalue weighted by Crippen LogP contribution is -2.44. The van der Waals surface area contributed by atoms with Gasteiger partial charge in [-0.3, -0.25) is 43.9 Å². The van der Waals surface area contributed by atoms with E-state index in [2.05, 4.69) is 49.2 Å². The molecule has 2 aliphatic rings. The number of halogens is 3. The van der Waals surface area contributed by atoms with Gasteiger partial charge in [0.05, 0.1) is 26.0 Å². The maximum absolute atomic E-state index is 13.3. The second-order valence-electron chi connectivity index (χ2n) is 18.2. The summed E-state index contributed by atoms with van der Waals surface area (Å²) in [6.45, 7) is -2.42. The molecule has 8 rings (SSSR count). The predicted octanol–water partition coefficient (Wildman–Crippen LogP) is 6.69. The number of rotatable bonds is 27. The van der Waals surface area contributed by atoms with Gasteiger partial charge in [-0.25, -0.2) is 52.4 Å². The lowest BCUT2D eigenvalue weighted by molar-refractivity contribution is -0.129. The number of alkyl halides is 3. The Kier molecular flexibility index (Phi) is 22.7. The van der Waals surface area contributed by atoms with E-state index in [9.17, 15) is 80.1 Å². The van der Waals surface area contributed by atoms with Gasteiger partial charge in [0, 0.05) is 47.4 Å². The number of hydrogen-bond acceptors (Lipinski definition) is 26. The molecule has 12 atom stereocenters. The highest BCUT2D eigenvalue weighted by Gasteiger charge is 2.54. The summed E-state index contributed by atoms with van der Waals surface area (Å²) in [6, 6.07) is 23.7. The molecule has 89 heavy (non-hydrogen) atoms. The quantitative estimate of drug-likeness (QED) is 0.00844. The molecule has 2 aliphatic heterocycles. The van der Waals surface area contributed by atoms with E-state index in [0.717, 1.165) is 23.2 Å². The number of imidazole rings is 1. The molecule has 6 aromatic rings. The fourth-order valence-electron chi connectivity index (χ4n) is 8.15. The number of carbonyl (C=O) groups excluding carboxylic acids is 3. The van der Waals surface area contributed by atoms with Gasteiger partial charge in [-0.2, -0.15) is 37.9 Å². The van der Waals surface area contributed by atoms with Crippen molar-refractivity contribution in [3.05, 3.63) is 130 Å². The number of thioether (sulfide) groups is 2. The van der Waals surface area contributed by atoms with Crippen LogP contribution in [0.4, 0.5) is 50.4 Å². The normalized spacial score (nSPS) is 22.8. The zero-order chi connectivity index (χ0) is 64.3. The van der Waals surface area contributed by atoms with E-state index in [1.54, 1.807) is 42.5 Å². The number of anilines is 4. The second-order valence-corrected chi connectivity index (χ2v) is 26.5. The van der Waals surface area contributed by atoms with Crippen molar-refractivity contribution < 1.29 is 116 Å². The van der Waals surface area contributed by atoms with Crippen LogP contribution in [0.25, 0.3) is 11.2 Å². The minimum absolute atomic E-state index is 0.0199. The van der Waals surface area contributed by atoms with Gasteiger partial charge in [0.15, 0.2) is 52.9 Å². The number of amides is 3. The lowest BCUT2D eigenvalue weighted by atomic mass is 10.1. The topological polar surface area (TPSA) is 460 Å². The minimum Gasteiger partial charge on any atom is -0.439 e. The molecule has 0 aliphatic carbocycles. The van der Waals surface area contributed by atoms with E-state index in [-0.39, 0.29) is 39.2 Å². The summed E-state index contributed by atoms with van der Waals surface area (Å²) in [5.41, 5.74) is -1.67. The van der Waals surface area contributed by atoms with E-state index in [4.69, 9.17) is 32.7 Å². The summed E-state index contributed by atoms with van der Waals surface area (Å²) in [4.78, 5) is 122. The van der Waals surface area contributed by atoms with E-state index < -0.39 is 141 Å². The highest BCUT2D eigenvalue weighted by Crippen LogP contribution is 2.71. The Hall–Kier alpha value is -6.57. The van der Waals surface area contributed by atoms with Gasteiger partial charge < -0.3 is 53.7 Å². The van der Waals surface area contributed by atoms with Crippen LogP contribution in [0.1, 0.15) is 18.9 Å². The second kappa shape index (κ2) is 29.6. The van der Waals surface area contributed by atoms with Crippen LogP contribution < -0.4 is 32.5 Å². The number of para-hydroxylation sites is 3. The third-order valence-corrected chi connectivity index (χ3v) is 19.2. The van der Waals surface area contributed by atoms with Crippen LogP contribution in [-0.4, -0.2) is 152 Å². The molecular weight excluding hydrogens is 1320 g/mol. The van der Waals surface area contributed by atoms with Crippen LogP contribution in [-0.2, 0) is 63.9 Å². The Bertz CT molecular complexity index is 3780. The minimum atomic E-state index is -6.53. The van der Waals surface area contributed by atoms with Gasteiger partial charge >= 0.3 is 61.4 Å². The Morgan fingerprint density at radius 2 is 1.15 bits per heavy atom. The molecule has 0 spiro atoms. The summed E-state index contributed by atoms with van der Waals surface area (Å²) < 4.78 is 144. The molecule has 3 aromatic heterocycles. The fourth-order valence-corrected chi connectivity index (χ4v) is 14.2. The van der Waals surface area contributed by atoms with E-state index >= 15 is 0 Å². The summed E-state index contributed by atoms with van der Waals surface area (Å²) in [7, 11) is -25.3. The molecule has 4 unspecified atom stereocenters. The van der Waals surface area contributed by atoms with Gasteiger partial charge in [0.2, 0.25) is 0 Å². The molecule has 3 aromatic carbocycles. The number of aromatic nitrogens is 6. The van der Waals surface area contributed by atoms with Crippen LogP contribution in [0, 0.1) is 0 Å².